The summed E-state index contributed by atoms with van der Waals surface area (Å²) in [7, 11) is -3.79. The van der Waals surface area contributed by atoms with Crippen molar-refractivity contribution in [1.82, 2.24) is 4.31 Å². The Morgan fingerprint density at radius 3 is 2.58 bits per heavy atom. The van der Waals surface area contributed by atoms with E-state index in [0.717, 1.165) is 5.56 Å². The molecule has 2 heterocycles. The molecule has 0 radical (unpaired) electrons. The van der Waals surface area contributed by atoms with Crippen molar-refractivity contribution in [2.75, 3.05) is 13.3 Å². The van der Waals surface area contributed by atoms with E-state index < -0.39 is 16.1 Å². The molecule has 2 aliphatic heterocycles. The minimum atomic E-state index is -3.79. The maximum atomic E-state index is 13.1. The van der Waals surface area contributed by atoms with Crippen LogP contribution in [0.1, 0.15) is 28.8 Å². The molecule has 0 aliphatic carbocycles. The summed E-state index contributed by atoms with van der Waals surface area (Å²) in [6, 6.07) is 11.1. The number of carbonyl (C=O) groups excluding carboxylic acids is 1. The van der Waals surface area contributed by atoms with Crippen molar-refractivity contribution >= 4 is 15.8 Å². The molecule has 4 rings (SSSR count). The van der Waals surface area contributed by atoms with E-state index in [4.69, 9.17) is 9.47 Å². The van der Waals surface area contributed by atoms with Crippen LogP contribution >= 0.6 is 0 Å². The monoisotopic (exact) mass is 373 g/mol. The van der Waals surface area contributed by atoms with Crippen molar-refractivity contribution in [2.24, 2.45) is 0 Å². The van der Waals surface area contributed by atoms with Crippen molar-refractivity contribution < 1.29 is 22.7 Å². The van der Waals surface area contributed by atoms with Gasteiger partial charge in [-0.2, -0.15) is 4.31 Å². The summed E-state index contributed by atoms with van der Waals surface area (Å²) in [4.78, 5) is 13.0. The fraction of sp³-hybridized carbons (Fsp3) is 0.316. The van der Waals surface area contributed by atoms with E-state index in [9.17, 15) is 13.2 Å². The third-order valence-corrected chi connectivity index (χ3v) is 6.70. The third-order valence-electron chi connectivity index (χ3n) is 4.79. The number of hydrogen-bond donors (Lipinski definition) is 0. The molecule has 136 valence electrons. The van der Waals surface area contributed by atoms with E-state index in [1.165, 1.54) is 16.4 Å². The Labute approximate surface area is 152 Å². The molecular weight excluding hydrogens is 354 g/mol. The average Bonchev–Trinajstić information content (AvgIpc) is 3.30. The molecule has 0 aromatic heterocycles. The van der Waals surface area contributed by atoms with Crippen molar-refractivity contribution in [3.05, 3.63) is 53.6 Å². The lowest BCUT2D eigenvalue weighted by atomic mass is 10.0. The number of benzene rings is 2. The Morgan fingerprint density at radius 2 is 1.81 bits per heavy atom. The normalized spacial score (nSPS) is 19.7. The van der Waals surface area contributed by atoms with Crippen LogP contribution < -0.4 is 9.47 Å². The molecule has 2 aromatic carbocycles. The van der Waals surface area contributed by atoms with Gasteiger partial charge in [-0.15, -0.1) is 0 Å². The summed E-state index contributed by atoms with van der Waals surface area (Å²) in [6.07, 6.45) is 1.18. The van der Waals surface area contributed by atoms with Crippen LogP contribution in [0.15, 0.2) is 47.4 Å². The molecule has 2 aromatic rings. The van der Waals surface area contributed by atoms with Crippen LogP contribution in [0.4, 0.5) is 0 Å². The van der Waals surface area contributed by atoms with Crippen LogP contribution in [0.5, 0.6) is 11.5 Å². The Bertz CT molecular complexity index is 952. The molecule has 0 amide bonds. The molecule has 26 heavy (non-hydrogen) atoms. The van der Waals surface area contributed by atoms with Gasteiger partial charge in [0.1, 0.15) is 0 Å². The van der Waals surface area contributed by atoms with Crippen LogP contribution in [0, 0.1) is 6.92 Å². The van der Waals surface area contributed by atoms with Gasteiger partial charge >= 0.3 is 0 Å². The molecule has 6 nitrogen and oxygen atoms in total. The molecule has 1 unspecified atom stereocenters. The fourth-order valence-corrected chi connectivity index (χ4v) is 5.05. The second-order valence-corrected chi connectivity index (χ2v) is 8.41. The predicted molar refractivity (Wildman–Crippen MR) is 95.0 cm³/mol. The van der Waals surface area contributed by atoms with Crippen LogP contribution in [0.25, 0.3) is 0 Å². The smallest absolute Gasteiger partial charge is 0.243 e. The first kappa shape index (κ1) is 17.1. The molecular formula is C19H19NO5S. The third kappa shape index (κ3) is 2.87. The molecule has 1 fully saturated rings. The number of ketones is 1. The first-order valence-electron chi connectivity index (χ1n) is 8.49. The maximum absolute atomic E-state index is 13.1. The molecule has 1 atom stereocenters. The van der Waals surface area contributed by atoms with Gasteiger partial charge in [0.2, 0.25) is 16.8 Å². The van der Waals surface area contributed by atoms with Gasteiger partial charge in [0.15, 0.2) is 17.3 Å². The SMILES string of the molecule is Cc1ccc(C(=O)C2CCCN2S(=O)(=O)c2ccc3c(c2)OCO3)cc1. The van der Waals surface area contributed by atoms with Crippen molar-refractivity contribution in [1.29, 1.82) is 0 Å². The molecule has 0 N–H and O–H groups in total. The van der Waals surface area contributed by atoms with Gasteiger partial charge in [-0.25, -0.2) is 8.42 Å². The Balaban J connectivity index is 1.65. The first-order chi connectivity index (χ1) is 12.5. The van der Waals surface area contributed by atoms with Crippen LogP contribution in [0.3, 0.4) is 0 Å². The van der Waals surface area contributed by atoms with Gasteiger partial charge in [-0.3, -0.25) is 4.79 Å². The number of carbonyl (C=O) groups is 1. The summed E-state index contributed by atoms with van der Waals surface area (Å²) in [5, 5.41) is 0. The lowest BCUT2D eigenvalue weighted by Gasteiger charge is -2.23. The molecule has 0 spiro atoms. The number of rotatable bonds is 4. The van der Waals surface area contributed by atoms with Crippen molar-refractivity contribution in [2.45, 2.75) is 30.7 Å². The Kier molecular flexibility index (Phi) is 4.20. The zero-order valence-corrected chi connectivity index (χ0v) is 15.2. The molecule has 1 saturated heterocycles. The number of fused-ring (bicyclic) bond motifs is 1. The number of aryl methyl sites for hydroxylation is 1. The lowest BCUT2D eigenvalue weighted by molar-refractivity contribution is 0.0918. The van der Waals surface area contributed by atoms with E-state index in [1.807, 2.05) is 19.1 Å². The highest BCUT2D eigenvalue weighted by molar-refractivity contribution is 7.89. The summed E-state index contributed by atoms with van der Waals surface area (Å²) in [5.74, 6) is 0.774. The van der Waals surface area contributed by atoms with Crippen molar-refractivity contribution in [3.63, 3.8) is 0 Å². The minimum Gasteiger partial charge on any atom is -0.454 e. The lowest BCUT2D eigenvalue weighted by Crippen LogP contribution is -2.40. The summed E-state index contributed by atoms with van der Waals surface area (Å²) in [6.45, 7) is 2.36. The molecule has 0 bridgehead atoms. The number of hydrogen-bond acceptors (Lipinski definition) is 5. The van der Waals surface area contributed by atoms with Crippen molar-refractivity contribution in [3.8, 4) is 11.5 Å². The van der Waals surface area contributed by atoms with E-state index in [0.29, 0.717) is 36.4 Å². The van der Waals surface area contributed by atoms with Gasteiger partial charge in [-0.05, 0) is 31.9 Å². The minimum absolute atomic E-state index is 0.0804. The molecule has 0 saturated carbocycles. The van der Waals surface area contributed by atoms with Gasteiger partial charge < -0.3 is 9.47 Å². The van der Waals surface area contributed by atoms with E-state index in [1.54, 1.807) is 18.2 Å². The van der Waals surface area contributed by atoms with E-state index >= 15 is 0 Å². The molecule has 2 aliphatic rings. The van der Waals surface area contributed by atoms with Gasteiger partial charge in [0.05, 0.1) is 10.9 Å². The largest absolute Gasteiger partial charge is 0.454 e. The zero-order chi connectivity index (χ0) is 18.3. The first-order valence-corrected chi connectivity index (χ1v) is 9.93. The summed E-state index contributed by atoms with van der Waals surface area (Å²) in [5.41, 5.74) is 1.59. The van der Waals surface area contributed by atoms with Gasteiger partial charge in [0, 0.05) is 18.2 Å². The highest BCUT2D eigenvalue weighted by atomic mass is 32.2. The topological polar surface area (TPSA) is 72.9 Å². The van der Waals surface area contributed by atoms with E-state index in [-0.39, 0.29) is 17.5 Å². The van der Waals surface area contributed by atoms with Crippen LogP contribution in [-0.4, -0.2) is 37.9 Å². The number of nitrogens with zero attached hydrogens (tertiary/aromatic N) is 1. The highest BCUT2D eigenvalue weighted by Crippen LogP contribution is 2.36. The fourth-order valence-electron chi connectivity index (χ4n) is 3.37. The van der Waals surface area contributed by atoms with Gasteiger partial charge in [0.25, 0.3) is 0 Å². The standard InChI is InChI=1S/C19H19NO5S/c1-13-4-6-14(7-5-13)19(21)16-3-2-10-20(16)26(22,23)15-8-9-17-18(11-15)25-12-24-17/h4-9,11,16H,2-3,10,12H2,1H3. The van der Waals surface area contributed by atoms with Crippen LogP contribution in [-0.2, 0) is 10.0 Å². The zero-order valence-electron chi connectivity index (χ0n) is 14.3. The number of ether oxygens (including phenoxy) is 2. The van der Waals surface area contributed by atoms with Gasteiger partial charge in [-0.1, -0.05) is 29.8 Å². The Morgan fingerprint density at radius 1 is 1.08 bits per heavy atom. The Hall–Kier alpha value is -2.38. The second kappa shape index (κ2) is 6.41. The average molecular weight is 373 g/mol. The number of sulfonamides is 1. The molecule has 7 heteroatoms. The van der Waals surface area contributed by atoms with E-state index in [2.05, 4.69) is 0 Å². The highest BCUT2D eigenvalue weighted by Gasteiger charge is 2.40. The van der Waals surface area contributed by atoms with Crippen LogP contribution in [0.2, 0.25) is 0 Å². The summed E-state index contributed by atoms with van der Waals surface area (Å²) >= 11 is 0. The summed E-state index contributed by atoms with van der Waals surface area (Å²) < 4.78 is 38.0. The number of Topliss-reactive ketones (excluding diaryl/α,β-unsaturated/α-hetero) is 1. The second-order valence-electron chi connectivity index (χ2n) is 6.52. The maximum Gasteiger partial charge on any atom is 0.243 e. The predicted octanol–water partition coefficient (Wildman–Crippen LogP) is 2.76. The quantitative estimate of drug-likeness (QED) is 0.771.